The molecule has 0 bridgehead atoms. The molecule has 0 aliphatic carbocycles. The van der Waals surface area contributed by atoms with Crippen LogP contribution in [0, 0.1) is 0 Å². The van der Waals surface area contributed by atoms with Gasteiger partial charge in [0, 0.05) is 26.5 Å². The molecule has 15 heteroatoms. The summed E-state index contributed by atoms with van der Waals surface area (Å²) in [6.45, 7) is 0. The van der Waals surface area contributed by atoms with Crippen molar-refractivity contribution in [1.29, 1.82) is 0 Å². The van der Waals surface area contributed by atoms with Gasteiger partial charge in [0.25, 0.3) is 0 Å². The lowest BCUT2D eigenvalue weighted by Gasteiger charge is -1.99. The third kappa shape index (κ3) is 8.64. The van der Waals surface area contributed by atoms with Crippen molar-refractivity contribution in [3.05, 3.63) is 53.3 Å². The van der Waals surface area contributed by atoms with Crippen LogP contribution < -0.4 is 11.1 Å². The first kappa shape index (κ1) is 22.2. The number of hydrogen-bond donors (Lipinski definition) is 2. The molecule has 0 atom stereocenters. The first-order chi connectivity index (χ1) is 13.8. The summed E-state index contributed by atoms with van der Waals surface area (Å²) in [5, 5.41) is 11.1. The zero-order valence-corrected chi connectivity index (χ0v) is 17.4. The Hall–Kier alpha value is -3.09. The Morgan fingerprint density at radius 1 is 0.793 bits per heavy atom. The van der Waals surface area contributed by atoms with Crippen LogP contribution in [0.25, 0.3) is 0 Å². The van der Waals surface area contributed by atoms with Crippen LogP contribution >= 0.6 is 34.8 Å². The normalized spacial score (nSPS) is 9.69. The Bertz CT molecular complexity index is 1000. The van der Waals surface area contributed by atoms with Crippen LogP contribution in [-0.2, 0) is 14.1 Å². The van der Waals surface area contributed by atoms with Crippen LogP contribution in [-0.4, -0.2) is 49.5 Å². The second-order valence-corrected chi connectivity index (χ2v) is 6.09. The summed E-state index contributed by atoms with van der Waals surface area (Å²) in [6, 6.07) is 0. The lowest BCUT2D eigenvalue weighted by molar-refractivity contribution is 0.768. The maximum absolute atomic E-state index is 5.59. The van der Waals surface area contributed by atoms with E-state index in [9.17, 15) is 0 Å². The van der Waals surface area contributed by atoms with Crippen molar-refractivity contribution < 1.29 is 0 Å². The van der Waals surface area contributed by atoms with E-state index in [1.165, 1.54) is 12.7 Å². The van der Waals surface area contributed by atoms with Crippen LogP contribution in [0.1, 0.15) is 0 Å². The summed E-state index contributed by atoms with van der Waals surface area (Å²) in [7, 11) is 3.65. The summed E-state index contributed by atoms with van der Waals surface area (Å²) >= 11 is 16.2. The predicted octanol–water partition coefficient (Wildman–Crippen LogP) is 2.18. The summed E-state index contributed by atoms with van der Waals surface area (Å²) in [5.74, 6) is 0.401. The molecule has 0 saturated heterocycles. The minimum absolute atomic E-state index is 0.116. The van der Waals surface area contributed by atoms with Gasteiger partial charge in [-0.15, -0.1) is 0 Å². The third-order valence-corrected chi connectivity index (χ3v) is 3.29. The number of aromatic nitrogens is 10. The summed E-state index contributed by atoms with van der Waals surface area (Å²) in [5.41, 5.74) is 6.81. The molecule has 0 aliphatic rings. The zero-order valence-electron chi connectivity index (χ0n) is 15.1. The molecule has 152 valence electrons. The highest BCUT2D eigenvalue weighted by Gasteiger charge is 2.00. The van der Waals surface area contributed by atoms with Crippen LogP contribution in [0.4, 0.5) is 17.3 Å². The highest BCUT2D eigenvalue weighted by Crippen LogP contribution is 2.11. The molecule has 0 saturated carbocycles. The maximum Gasteiger partial charge on any atom is 0.231 e. The fourth-order valence-electron chi connectivity index (χ4n) is 1.65. The molecule has 0 amide bonds. The molecule has 4 rings (SSSR count). The Morgan fingerprint density at radius 2 is 1.34 bits per heavy atom. The monoisotopic (exact) mass is 456 g/mol. The molecule has 12 nitrogen and oxygen atoms in total. The molecule has 4 aromatic heterocycles. The van der Waals surface area contributed by atoms with Gasteiger partial charge in [0.2, 0.25) is 21.8 Å². The molecular weight excluding hydrogens is 443 g/mol. The van der Waals surface area contributed by atoms with Gasteiger partial charge in [-0.2, -0.15) is 20.2 Å². The Balaban J connectivity index is 0.000000170. The molecule has 0 fully saturated rings. The van der Waals surface area contributed by atoms with E-state index in [1.807, 2.05) is 14.1 Å². The van der Waals surface area contributed by atoms with E-state index in [1.54, 1.807) is 34.2 Å². The van der Waals surface area contributed by atoms with Gasteiger partial charge in [-0.25, -0.2) is 19.9 Å². The van der Waals surface area contributed by atoms with Gasteiger partial charge in [-0.05, 0) is 34.8 Å². The molecule has 29 heavy (non-hydrogen) atoms. The van der Waals surface area contributed by atoms with Gasteiger partial charge in [0.05, 0.1) is 23.8 Å². The second-order valence-electron chi connectivity index (χ2n) is 5.08. The van der Waals surface area contributed by atoms with Crippen LogP contribution in [0.5, 0.6) is 0 Å². The SMILES string of the molecule is Clc1ncnc(Cl)n1.Cn1cc(N)cn1.Cn1cc(Nc2ncnc(Cl)n2)cn1. The van der Waals surface area contributed by atoms with Gasteiger partial charge >= 0.3 is 0 Å². The highest BCUT2D eigenvalue weighted by atomic mass is 35.5. The Labute approximate surface area is 180 Å². The quantitative estimate of drug-likeness (QED) is 0.458. The van der Waals surface area contributed by atoms with E-state index in [2.05, 4.69) is 45.4 Å². The molecule has 4 aromatic rings. The lowest BCUT2D eigenvalue weighted by atomic mass is 10.6. The lowest BCUT2D eigenvalue weighted by Crippen LogP contribution is -1.96. The maximum atomic E-state index is 5.59. The van der Waals surface area contributed by atoms with E-state index in [4.69, 9.17) is 40.5 Å². The minimum Gasteiger partial charge on any atom is -0.396 e. The smallest absolute Gasteiger partial charge is 0.231 e. The fraction of sp³-hybridized carbons (Fsp3) is 0.143. The first-order valence-corrected chi connectivity index (χ1v) is 8.79. The zero-order chi connectivity index (χ0) is 21.2. The standard InChI is InChI=1S/C7H7ClN6.C4H7N3.C3HCl2N3/c1-14-3-5(2-11-14)12-7-10-4-9-6(8)13-7;1-7-3-4(5)2-6-7;4-2-6-1-7-3(5)8-2/h2-4H,1H3,(H,9,10,12,13);2-3H,5H2,1H3;1H. The molecule has 0 aliphatic heterocycles. The minimum atomic E-state index is 0.116. The first-order valence-electron chi connectivity index (χ1n) is 7.66. The number of hydrogen-bond acceptors (Lipinski definition) is 10. The molecule has 3 N–H and O–H groups in total. The van der Waals surface area contributed by atoms with Gasteiger partial charge in [-0.1, -0.05) is 0 Å². The van der Waals surface area contributed by atoms with E-state index >= 15 is 0 Å². The molecule has 4 heterocycles. The highest BCUT2D eigenvalue weighted by molar-refractivity contribution is 6.30. The molecule has 0 spiro atoms. The fourth-order valence-corrected chi connectivity index (χ4v) is 2.06. The number of nitrogen functional groups attached to an aromatic ring is 1. The number of nitrogens with zero attached hydrogens (tertiary/aromatic N) is 10. The largest absolute Gasteiger partial charge is 0.396 e. The number of rotatable bonds is 2. The average molecular weight is 458 g/mol. The van der Waals surface area contributed by atoms with Gasteiger partial charge in [0.1, 0.15) is 12.7 Å². The third-order valence-electron chi connectivity index (χ3n) is 2.74. The summed E-state index contributed by atoms with van der Waals surface area (Å²) < 4.78 is 3.33. The number of halogens is 3. The van der Waals surface area contributed by atoms with Crippen molar-refractivity contribution >= 4 is 52.1 Å². The Kier molecular flexibility index (Phi) is 8.45. The number of anilines is 3. The second kappa shape index (κ2) is 11.0. The van der Waals surface area contributed by atoms with Crippen LogP contribution in [0.15, 0.2) is 37.4 Å². The van der Waals surface area contributed by atoms with E-state index in [0.29, 0.717) is 11.6 Å². The van der Waals surface area contributed by atoms with Crippen LogP contribution in [0.3, 0.4) is 0 Å². The van der Waals surface area contributed by atoms with Crippen molar-refractivity contribution in [3.8, 4) is 0 Å². The number of aryl methyl sites for hydroxylation is 2. The van der Waals surface area contributed by atoms with Crippen molar-refractivity contribution in [3.63, 3.8) is 0 Å². The van der Waals surface area contributed by atoms with Crippen molar-refractivity contribution in [1.82, 2.24) is 49.5 Å². The van der Waals surface area contributed by atoms with E-state index in [0.717, 1.165) is 5.69 Å². The number of nitrogens with one attached hydrogen (secondary N) is 1. The average Bonchev–Trinajstić information content (AvgIpc) is 3.23. The summed E-state index contributed by atoms with van der Waals surface area (Å²) in [6.07, 6.45) is 9.42. The predicted molar refractivity (Wildman–Crippen MR) is 109 cm³/mol. The van der Waals surface area contributed by atoms with Gasteiger partial charge in [-0.3, -0.25) is 9.36 Å². The molecular formula is C14H15Cl3N12. The topological polar surface area (TPSA) is 151 Å². The van der Waals surface area contributed by atoms with Gasteiger partial charge in [0.15, 0.2) is 0 Å². The van der Waals surface area contributed by atoms with Crippen molar-refractivity contribution in [2.75, 3.05) is 11.1 Å². The van der Waals surface area contributed by atoms with Crippen LogP contribution in [0.2, 0.25) is 15.9 Å². The van der Waals surface area contributed by atoms with Gasteiger partial charge < -0.3 is 11.1 Å². The van der Waals surface area contributed by atoms with E-state index < -0.39 is 0 Å². The molecule has 0 radical (unpaired) electrons. The Morgan fingerprint density at radius 3 is 1.72 bits per heavy atom. The van der Waals surface area contributed by atoms with Crippen molar-refractivity contribution in [2.45, 2.75) is 0 Å². The summed E-state index contributed by atoms with van der Waals surface area (Å²) in [4.78, 5) is 21.9. The van der Waals surface area contributed by atoms with E-state index in [-0.39, 0.29) is 15.9 Å². The number of nitrogens with two attached hydrogens (primary N) is 1. The molecule has 0 unspecified atom stereocenters. The van der Waals surface area contributed by atoms with Crippen molar-refractivity contribution in [2.24, 2.45) is 14.1 Å². The molecule has 0 aromatic carbocycles.